The normalized spacial score (nSPS) is 20.3. The van der Waals surface area contributed by atoms with E-state index < -0.39 is 6.17 Å². The van der Waals surface area contributed by atoms with E-state index in [9.17, 15) is 9.18 Å². The molecule has 0 aromatic heterocycles. The van der Waals surface area contributed by atoms with E-state index in [4.69, 9.17) is 0 Å². The minimum absolute atomic E-state index is 0.00678. The fourth-order valence-corrected chi connectivity index (χ4v) is 4.71. The van der Waals surface area contributed by atoms with Crippen LogP contribution in [-0.4, -0.2) is 10.8 Å². The number of carbonyl (C=O) groups excluding carboxylic acids is 1. The fraction of sp³-hybridized carbons (Fsp3) is 0.240. The smallest absolute Gasteiger partial charge is 0.256 e. The molecule has 2 aliphatic rings. The zero-order valence-corrected chi connectivity index (χ0v) is 16.4. The maximum absolute atomic E-state index is 14.6. The number of hydrogen-bond donors (Lipinski definition) is 1. The van der Waals surface area contributed by atoms with Crippen LogP contribution in [0.15, 0.2) is 66.7 Å². The lowest BCUT2D eigenvalue weighted by Crippen LogP contribution is -2.37. The van der Waals surface area contributed by atoms with Gasteiger partial charge in [0, 0.05) is 11.1 Å². The van der Waals surface area contributed by atoms with Crippen LogP contribution in [-0.2, 0) is 6.42 Å². The standard InChI is InChI=1S/C25H23FN2O/c1-16-13-14-22(21(26)15-16)27-24-19-10-4-5-11-20(19)25(29)28(24)23-12-6-8-17-7-2-3-9-18(17)23/h2-5,7,9-11,13-15,23-24,27H,6,8,12H2,1H3/t23-,24+/m0/s1. The monoisotopic (exact) mass is 386 g/mol. The van der Waals surface area contributed by atoms with Gasteiger partial charge in [-0.1, -0.05) is 48.5 Å². The van der Waals surface area contributed by atoms with Gasteiger partial charge in [-0.25, -0.2) is 4.39 Å². The van der Waals surface area contributed by atoms with Crippen molar-refractivity contribution in [3.05, 3.63) is 100 Å². The molecule has 0 spiro atoms. The van der Waals surface area contributed by atoms with Gasteiger partial charge in [-0.05, 0) is 61.1 Å². The number of rotatable bonds is 3. The first-order valence-electron chi connectivity index (χ1n) is 10.2. The molecule has 1 N–H and O–H groups in total. The van der Waals surface area contributed by atoms with Crippen molar-refractivity contribution in [3.63, 3.8) is 0 Å². The Kier molecular flexibility index (Phi) is 4.35. The molecule has 146 valence electrons. The topological polar surface area (TPSA) is 32.3 Å². The Labute approximate surface area is 170 Å². The number of fused-ring (bicyclic) bond motifs is 2. The van der Waals surface area contributed by atoms with E-state index in [2.05, 4.69) is 23.5 Å². The van der Waals surface area contributed by atoms with Crippen molar-refractivity contribution < 1.29 is 9.18 Å². The van der Waals surface area contributed by atoms with Crippen molar-refractivity contribution in [1.29, 1.82) is 0 Å². The van der Waals surface area contributed by atoms with Crippen LogP contribution in [0.4, 0.5) is 10.1 Å². The Balaban J connectivity index is 1.59. The summed E-state index contributed by atoms with van der Waals surface area (Å²) in [7, 11) is 0. The number of hydrogen-bond acceptors (Lipinski definition) is 2. The molecule has 0 saturated heterocycles. The van der Waals surface area contributed by atoms with Gasteiger partial charge in [0.05, 0.1) is 11.7 Å². The average Bonchev–Trinajstić information content (AvgIpc) is 3.01. The van der Waals surface area contributed by atoms with E-state index in [0.717, 1.165) is 30.4 Å². The predicted molar refractivity (Wildman–Crippen MR) is 112 cm³/mol. The molecule has 29 heavy (non-hydrogen) atoms. The summed E-state index contributed by atoms with van der Waals surface area (Å²) in [6, 6.07) is 21.2. The number of amides is 1. The Morgan fingerprint density at radius 2 is 1.76 bits per heavy atom. The van der Waals surface area contributed by atoms with Crippen LogP contribution in [0.2, 0.25) is 0 Å². The van der Waals surface area contributed by atoms with Crippen molar-refractivity contribution in [1.82, 2.24) is 4.90 Å². The number of halogens is 1. The highest BCUT2D eigenvalue weighted by molar-refractivity contribution is 5.99. The summed E-state index contributed by atoms with van der Waals surface area (Å²) in [4.78, 5) is 15.4. The van der Waals surface area contributed by atoms with Gasteiger partial charge < -0.3 is 10.2 Å². The van der Waals surface area contributed by atoms with Gasteiger partial charge in [0.2, 0.25) is 0 Å². The minimum Gasteiger partial charge on any atom is -0.359 e. The molecule has 2 atom stereocenters. The summed E-state index contributed by atoms with van der Waals surface area (Å²) >= 11 is 0. The predicted octanol–water partition coefficient (Wildman–Crippen LogP) is 5.78. The molecular formula is C25H23FN2O. The first-order valence-corrected chi connectivity index (χ1v) is 10.2. The quantitative estimate of drug-likeness (QED) is 0.619. The highest BCUT2D eigenvalue weighted by atomic mass is 19.1. The number of nitrogens with one attached hydrogen (secondary N) is 1. The largest absolute Gasteiger partial charge is 0.359 e. The molecule has 0 saturated carbocycles. The summed E-state index contributed by atoms with van der Waals surface area (Å²) in [5.74, 6) is -0.293. The lowest BCUT2D eigenvalue weighted by molar-refractivity contribution is 0.0627. The summed E-state index contributed by atoms with van der Waals surface area (Å²) in [6.45, 7) is 1.87. The van der Waals surface area contributed by atoms with Crippen molar-refractivity contribution in [2.75, 3.05) is 5.32 Å². The Morgan fingerprint density at radius 3 is 2.59 bits per heavy atom. The van der Waals surface area contributed by atoms with Crippen LogP contribution in [0, 0.1) is 12.7 Å². The molecule has 0 radical (unpaired) electrons. The third kappa shape index (κ3) is 3.00. The molecule has 1 amide bonds. The zero-order chi connectivity index (χ0) is 20.0. The molecule has 3 nitrogen and oxygen atoms in total. The highest BCUT2D eigenvalue weighted by Crippen LogP contribution is 2.44. The van der Waals surface area contributed by atoms with Crippen molar-refractivity contribution >= 4 is 11.6 Å². The zero-order valence-electron chi connectivity index (χ0n) is 16.4. The maximum Gasteiger partial charge on any atom is 0.256 e. The lowest BCUT2D eigenvalue weighted by Gasteiger charge is -2.38. The van der Waals surface area contributed by atoms with E-state index in [1.807, 2.05) is 48.2 Å². The molecule has 0 bridgehead atoms. The summed E-state index contributed by atoms with van der Waals surface area (Å²) in [6.07, 6.45) is 2.58. The Hall–Kier alpha value is -3.14. The van der Waals surface area contributed by atoms with Gasteiger partial charge >= 0.3 is 0 Å². The van der Waals surface area contributed by atoms with Crippen LogP contribution in [0.1, 0.15) is 57.7 Å². The molecule has 0 fully saturated rings. The molecule has 1 aliphatic heterocycles. The molecule has 1 heterocycles. The van der Waals surface area contributed by atoms with Crippen molar-refractivity contribution in [2.45, 2.75) is 38.4 Å². The molecule has 5 rings (SSSR count). The van der Waals surface area contributed by atoms with Gasteiger partial charge in [-0.3, -0.25) is 4.79 Å². The van der Waals surface area contributed by atoms with E-state index >= 15 is 0 Å². The van der Waals surface area contributed by atoms with Crippen molar-refractivity contribution in [2.24, 2.45) is 0 Å². The third-order valence-corrected chi connectivity index (χ3v) is 6.09. The van der Waals surface area contributed by atoms with E-state index in [-0.39, 0.29) is 17.8 Å². The number of aryl methyl sites for hydroxylation is 2. The van der Waals surface area contributed by atoms with Gasteiger partial charge in [-0.15, -0.1) is 0 Å². The number of carbonyl (C=O) groups is 1. The first kappa shape index (κ1) is 17.9. The Bertz CT molecular complexity index is 1090. The molecule has 4 heteroatoms. The summed E-state index contributed by atoms with van der Waals surface area (Å²) in [5.41, 5.74) is 5.39. The number of nitrogens with zero attached hydrogens (tertiary/aromatic N) is 1. The van der Waals surface area contributed by atoms with Gasteiger partial charge in [0.15, 0.2) is 0 Å². The van der Waals surface area contributed by atoms with E-state index in [1.54, 1.807) is 6.07 Å². The number of anilines is 1. The van der Waals surface area contributed by atoms with Crippen LogP contribution in [0.5, 0.6) is 0 Å². The summed E-state index contributed by atoms with van der Waals surface area (Å²) < 4.78 is 14.6. The summed E-state index contributed by atoms with van der Waals surface area (Å²) in [5, 5.41) is 3.33. The second kappa shape index (κ2) is 7.03. The average molecular weight is 386 g/mol. The van der Waals surface area contributed by atoms with Crippen LogP contribution >= 0.6 is 0 Å². The van der Waals surface area contributed by atoms with Gasteiger partial charge in [0.1, 0.15) is 12.0 Å². The molecule has 1 aliphatic carbocycles. The minimum atomic E-state index is -0.396. The fourth-order valence-electron chi connectivity index (χ4n) is 4.71. The van der Waals surface area contributed by atoms with Crippen LogP contribution in [0.3, 0.4) is 0 Å². The van der Waals surface area contributed by atoms with Gasteiger partial charge in [0.25, 0.3) is 5.91 Å². The number of benzene rings is 3. The molecule has 3 aromatic rings. The SMILES string of the molecule is Cc1ccc(N[C@H]2c3ccccc3C(=O)N2[C@H]2CCCc3ccccc32)c(F)c1. The van der Waals surface area contributed by atoms with Crippen LogP contribution in [0.25, 0.3) is 0 Å². The maximum atomic E-state index is 14.6. The van der Waals surface area contributed by atoms with E-state index in [1.165, 1.54) is 17.2 Å². The van der Waals surface area contributed by atoms with Gasteiger partial charge in [-0.2, -0.15) is 0 Å². The first-order chi connectivity index (χ1) is 14.1. The van der Waals surface area contributed by atoms with Crippen LogP contribution < -0.4 is 5.32 Å². The van der Waals surface area contributed by atoms with Crippen molar-refractivity contribution in [3.8, 4) is 0 Å². The Morgan fingerprint density at radius 1 is 1.00 bits per heavy atom. The lowest BCUT2D eigenvalue weighted by atomic mass is 9.86. The molecule has 0 unspecified atom stereocenters. The highest BCUT2D eigenvalue weighted by Gasteiger charge is 2.42. The second-order valence-electron chi connectivity index (χ2n) is 7.94. The third-order valence-electron chi connectivity index (χ3n) is 6.09. The molecular weight excluding hydrogens is 363 g/mol. The molecule has 3 aromatic carbocycles. The van der Waals surface area contributed by atoms with E-state index in [0.29, 0.717) is 11.3 Å². The second-order valence-corrected chi connectivity index (χ2v) is 7.94.